The van der Waals surface area contributed by atoms with Crippen LogP contribution in [-0.2, 0) is 11.3 Å². The second-order valence-corrected chi connectivity index (χ2v) is 6.49. The van der Waals surface area contributed by atoms with Crippen LogP contribution < -0.4 is 0 Å². The molecule has 1 heterocycles. The first kappa shape index (κ1) is 17.9. The fourth-order valence-corrected chi connectivity index (χ4v) is 3.09. The first-order chi connectivity index (χ1) is 12.5. The van der Waals surface area contributed by atoms with Crippen molar-refractivity contribution >= 4 is 5.91 Å². The van der Waals surface area contributed by atoms with Crippen molar-refractivity contribution in [2.24, 2.45) is 0 Å². The maximum absolute atomic E-state index is 12.9. The second kappa shape index (κ2) is 7.95. The Bertz CT molecular complexity index is 874. The van der Waals surface area contributed by atoms with Crippen LogP contribution in [0.15, 0.2) is 59.0 Å². The molecule has 0 saturated heterocycles. The van der Waals surface area contributed by atoms with Gasteiger partial charge in [0.25, 0.3) is 0 Å². The van der Waals surface area contributed by atoms with Gasteiger partial charge in [-0.1, -0.05) is 54.6 Å². The summed E-state index contributed by atoms with van der Waals surface area (Å²) in [6, 6.07) is 18.4. The predicted molar refractivity (Wildman–Crippen MR) is 99.6 cm³/mol. The van der Waals surface area contributed by atoms with Crippen LogP contribution in [0.1, 0.15) is 40.8 Å². The quantitative estimate of drug-likeness (QED) is 0.678. The van der Waals surface area contributed by atoms with Gasteiger partial charge in [0.05, 0.1) is 6.54 Å². The molecular weight excluding hydrogens is 326 g/mol. The number of carbonyl (C=O) groups is 1. The van der Waals surface area contributed by atoms with E-state index >= 15 is 0 Å². The van der Waals surface area contributed by atoms with Crippen LogP contribution in [0.5, 0.6) is 0 Å². The van der Waals surface area contributed by atoms with Crippen molar-refractivity contribution in [1.29, 1.82) is 0 Å². The molecule has 134 valence electrons. The zero-order valence-corrected chi connectivity index (χ0v) is 15.3. The number of benzene rings is 2. The van der Waals surface area contributed by atoms with Gasteiger partial charge in [-0.15, -0.1) is 10.2 Å². The Balaban J connectivity index is 1.81. The normalized spacial score (nSPS) is 12.0. The fraction of sp³-hybridized carbons (Fsp3) is 0.286. The lowest BCUT2D eigenvalue weighted by atomic mass is 9.86. The van der Waals surface area contributed by atoms with Gasteiger partial charge in [-0.3, -0.25) is 4.79 Å². The van der Waals surface area contributed by atoms with E-state index in [9.17, 15) is 4.79 Å². The lowest BCUT2D eigenvalue weighted by Gasteiger charge is -2.23. The highest BCUT2D eigenvalue weighted by atomic mass is 16.4. The van der Waals surface area contributed by atoms with Crippen LogP contribution in [0.25, 0.3) is 0 Å². The molecule has 2 aromatic carbocycles. The zero-order valence-electron chi connectivity index (χ0n) is 15.3. The second-order valence-electron chi connectivity index (χ2n) is 6.49. The summed E-state index contributed by atoms with van der Waals surface area (Å²) < 4.78 is 5.38. The summed E-state index contributed by atoms with van der Waals surface area (Å²) in [7, 11) is 1.77. The summed E-state index contributed by atoms with van der Waals surface area (Å²) in [5.74, 6) is 1.00. The van der Waals surface area contributed by atoms with Gasteiger partial charge in [-0.25, -0.2) is 0 Å². The van der Waals surface area contributed by atoms with Gasteiger partial charge in [0.2, 0.25) is 17.7 Å². The van der Waals surface area contributed by atoms with E-state index in [2.05, 4.69) is 41.4 Å². The number of carbonyl (C=O) groups excluding carboxylic acids is 1. The van der Waals surface area contributed by atoms with Gasteiger partial charge in [0, 0.05) is 26.3 Å². The summed E-state index contributed by atoms with van der Waals surface area (Å²) >= 11 is 0. The zero-order chi connectivity index (χ0) is 18.5. The highest BCUT2D eigenvalue weighted by molar-refractivity contribution is 5.77. The summed E-state index contributed by atoms with van der Waals surface area (Å²) in [4.78, 5) is 14.5. The molecule has 0 saturated carbocycles. The average Bonchev–Trinajstić information content (AvgIpc) is 3.05. The molecular formula is C21H23N3O2. The van der Waals surface area contributed by atoms with Crippen LogP contribution in [0.3, 0.4) is 0 Å². The van der Waals surface area contributed by atoms with E-state index in [0.29, 0.717) is 24.7 Å². The molecule has 5 heteroatoms. The minimum atomic E-state index is 0.0109. The van der Waals surface area contributed by atoms with Gasteiger partial charge in [-0.05, 0) is 23.6 Å². The smallest absolute Gasteiger partial charge is 0.235 e. The monoisotopic (exact) mass is 349 g/mol. The molecule has 1 aromatic heterocycles. The standard InChI is InChI=1S/C21H23N3O2/c1-15-9-7-8-12-18(15)19(17-10-5-4-6-11-17)13-21(25)24(3)14-20-23-22-16(2)26-20/h4-12,19H,13-14H2,1-3H3. The van der Waals surface area contributed by atoms with Crippen LogP contribution in [0, 0.1) is 13.8 Å². The summed E-state index contributed by atoms with van der Waals surface area (Å²) in [5, 5.41) is 7.78. The Labute approximate surface area is 153 Å². The third kappa shape index (κ3) is 4.17. The Morgan fingerprint density at radius 3 is 2.38 bits per heavy atom. The molecule has 0 bridgehead atoms. The molecule has 0 aliphatic carbocycles. The van der Waals surface area contributed by atoms with Crippen molar-refractivity contribution in [3.8, 4) is 0 Å². The number of hydrogen-bond acceptors (Lipinski definition) is 4. The highest BCUT2D eigenvalue weighted by Gasteiger charge is 2.22. The molecule has 5 nitrogen and oxygen atoms in total. The first-order valence-electron chi connectivity index (χ1n) is 8.68. The van der Waals surface area contributed by atoms with Gasteiger partial charge in [-0.2, -0.15) is 0 Å². The van der Waals surface area contributed by atoms with Gasteiger partial charge >= 0.3 is 0 Å². The Morgan fingerprint density at radius 2 is 1.73 bits per heavy atom. The van der Waals surface area contributed by atoms with E-state index in [1.54, 1.807) is 18.9 Å². The number of rotatable bonds is 6. The maximum atomic E-state index is 12.9. The number of amides is 1. The maximum Gasteiger partial charge on any atom is 0.235 e. The molecule has 3 aromatic rings. The lowest BCUT2D eigenvalue weighted by Crippen LogP contribution is -2.28. The first-order valence-corrected chi connectivity index (χ1v) is 8.68. The summed E-state index contributed by atoms with van der Waals surface area (Å²) in [6.07, 6.45) is 0.387. The van der Waals surface area contributed by atoms with Crippen molar-refractivity contribution in [1.82, 2.24) is 15.1 Å². The van der Waals surface area contributed by atoms with E-state index in [4.69, 9.17) is 4.42 Å². The molecule has 1 amide bonds. The van der Waals surface area contributed by atoms with Gasteiger partial charge in [0.15, 0.2) is 0 Å². The summed E-state index contributed by atoms with van der Waals surface area (Å²) in [5.41, 5.74) is 3.50. The van der Waals surface area contributed by atoms with E-state index in [1.165, 1.54) is 11.1 Å². The van der Waals surface area contributed by atoms with Crippen molar-refractivity contribution in [3.63, 3.8) is 0 Å². The SMILES string of the molecule is Cc1nnc(CN(C)C(=O)CC(c2ccccc2)c2ccccc2C)o1. The molecule has 0 aliphatic rings. The van der Waals surface area contributed by atoms with E-state index in [-0.39, 0.29) is 11.8 Å². The van der Waals surface area contributed by atoms with Crippen LogP contribution in [0.4, 0.5) is 0 Å². The third-order valence-corrected chi connectivity index (χ3v) is 4.51. The van der Waals surface area contributed by atoms with E-state index < -0.39 is 0 Å². The molecule has 26 heavy (non-hydrogen) atoms. The number of aryl methyl sites for hydroxylation is 2. The van der Waals surface area contributed by atoms with Crippen molar-refractivity contribution in [3.05, 3.63) is 83.1 Å². The molecule has 0 N–H and O–H groups in total. The molecule has 1 unspecified atom stereocenters. The Morgan fingerprint density at radius 1 is 1.04 bits per heavy atom. The van der Waals surface area contributed by atoms with E-state index in [1.807, 2.05) is 30.3 Å². The largest absolute Gasteiger partial charge is 0.424 e. The molecule has 0 spiro atoms. The lowest BCUT2D eigenvalue weighted by molar-refractivity contribution is -0.130. The topological polar surface area (TPSA) is 59.2 Å². The van der Waals surface area contributed by atoms with Crippen molar-refractivity contribution < 1.29 is 9.21 Å². The fourth-order valence-electron chi connectivity index (χ4n) is 3.09. The van der Waals surface area contributed by atoms with Crippen molar-refractivity contribution in [2.45, 2.75) is 32.7 Å². The Kier molecular flexibility index (Phi) is 5.46. The average molecular weight is 349 g/mol. The predicted octanol–water partition coefficient (Wildman–Crippen LogP) is 3.87. The number of nitrogens with zero attached hydrogens (tertiary/aromatic N) is 3. The summed E-state index contributed by atoms with van der Waals surface area (Å²) in [6.45, 7) is 4.14. The number of hydrogen-bond donors (Lipinski definition) is 0. The van der Waals surface area contributed by atoms with Crippen LogP contribution in [0.2, 0.25) is 0 Å². The third-order valence-electron chi connectivity index (χ3n) is 4.51. The molecule has 3 rings (SSSR count). The van der Waals surface area contributed by atoms with Crippen LogP contribution >= 0.6 is 0 Å². The van der Waals surface area contributed by atoms with Gasteiger partial charge < -0.3 is 9.32 Å². The number of aromatic nitrogens is 2. The molecule has 0 radical (unpaired) electrons. The minimum Gasteiger partial charge on any atom is -0.424 e. The van der Waals surface area contributed by atoms with Crippen molar-refractivity contribution in [2.75, 3.05) is 7.05 Å². The van der Waals surface area contributed by atoms with Crippen LogP contribution in [-0.4, -0.2) is 28.1 Å². The van der Waals surface area contributed by atoms with E-state index in [0.717, 1.165) is 5.56 Å². The van der Waals surface area contributed by atoms with Gasteiger partial charge in [0.1, 0.15) is 0 Å². The minimum absolute atomic E-state index is 0.0109. The highest BCUT2D eigenvalue weighted by Crippen LogP contribution is 2.30. The molecule has 0 aliphatic heterocycles. The molecule has 0 fully saturated rings. The molecule has 1 atom stereocenters. The Hall–Kier alpha value is -2.95.